The average Bonchev–Trinajstić information content (AvgIpc) is 3.33. The van der Waals surface area contributed by atoms with Crippen molar-refractivity contribution >= 4 is 29.3 Å². The van der Waals surface area contributed by atoms with Gasteiger partial charge in [0.2, 0.25) is 23.8 Å². The highest BCUT2D eigenvalue weighted by molar-refractivity contribution is 8.00. The van der Waals surface area contributed by atoms with Crippen molar-refractivity contribution in [3.63, 3.8) is 0 Å². The SMILES string of the molecule is Cc1cccc(C)c1N1C(=O)CC(Sc2nncc(-c3ccc4c(c3)OCO4)n2)C1=O. The monoisotopic (exact) mass is 434 g/mol. The number of rotatable bonds is 4. The summed E-state index contributed by atoms with van der Waals surface area (Å²) in [4.78, 5) is 31.6. The highest BCUT2D eigenvalue weighted by Crippen LogP contribution is 2.37. The summed E-state index contributed by atoms with van der Waals surface area (Å²) in [5, 5.41) is 7.83. The summed E-state index contributed by atoms with van der Waals surface area (Å²) in [5.41, 5.74) is 3.82. The number of thioether (sulfide) groups is 1. The fourth-order valence-corrected chi connectivity index (χ4v) is 4.68. The quantitative estimate of drug-likeness (QED) is 0.578. The Morgan fingerprint density at radius 2 is 1.84 bits per heavy atom. The Hall–Kier alpha value is -3.46. The number of aromatic nitrogens is 3. The molecule has 0 bridgehead atoms. The highest BCUT2D eigenvalue weighted by Gasteiger charge is 2.41. The smallest absolute Gasteiger partial charge is 0.247 e. The molecular weight excluding hydrogens is 416 g/mol. The van der Waals surface area contributed by atoms with E-state index in [0.29, 0.717) is 28.0 Å². The van der Waals surface area contributed by atoms with Crippen molar-refractivity contribution in [1.29, 1.82) is 0 Å². The second-order valence-corrected chi connectivity index (χ2v) is 8.48. The molecule has 2 aliphatic heterocycles. The highest BCUT2D eigenvalue weighted by atomic mass is 32.2. The first kappa shape index (κ1) is 19.5. The number of aryl methyl sites for hydroxylation is 2. The molecule has 0 saturated carbocycles. The van der Waals surface area contributed by atoms with Crippen LogP contribution >= 0.6 is 11.8 Å². The summed E-state index contributed by atoms with van der Waals surface area (Å²) in [7, 11) is 0. The maximum Gasteiger partial charge on any atom is 0.247 e. The van der Waals surface area contributed by atoms with E-state index in [9.17, 15) is 9.59 Å². The Morgan fingerprint density at radius 3 is 2.65 bits per heavy atom. The van der Waals surface area contributed by atoms with E-state index in [1.807, 2.05) is 50.2 Å². The second-order valence-electron chi connectivity index (χ2n) is 7.31. The number of carbonyl (C=O) groups is 2. The molecule has 31 heavy (non-hydrogen) atoms. The van der Waals surface area contributed by atoms with Gasteiger partial charge in [0, 0.05) is 12.0 Å². The molecule has 0 N–H and O–H groups in total. The van der Waals surface area contributed by atoms with Crippen LogP contribution in [-0.4, -0.2) is 39.0 Å². The van der Waals surface area contributed by atoms with Crippen LogP contribution in [-0.2, 0) is 9.59 Å². The van der Waals surface area contributed by atoms with E-state index >= 15 is 0 Å². The zero-order valence-electron chi connectivity index (χ0n) is 16.9. The molecule has 1 fully saturated rings. The summed E-state index contributed by atoms with van der Waals surface area (Å²) in [5.74, 6) is 0.845. The molecule has 3 aromatic rings. The Labute approximate surface area is 182 Å². The number of fused-ring (bicyclic) bond motifs is 1. The van der Waals surface area contributed by atoms with Gasteiger partial charge in [-0.05, 0) is 43.2 Å². The third-order valence-electron chi connectivity index (χ3n) is 5.22. The van der Waals surface area contributed by atoms with E-state index in [1.165, 1.54) is 4.90 Å². The van der Waals surface area contributed by atoms with Gasteiger partial charge in [-0.15, -0.1) is 5.10 Å². The van der Waals surface area contributed by atoms with Crippen LogP contribution in [0.5, 0.6) is 11.5 Å². The van der Waals surface area contributed by atoms with Crippen molar-refractivity contribution in [2.45, 2.75) is 30.7 Å². The number of anilines is 1. The van der Waals surface area contributed by atoms with Crippen molar-refractivity contribution in [2.24, 2.45) is 0 Å². The van der Waals surface area contributed by atoms with Crippen LogP contribution in [0.15, 0.2) is 47.8 Å². The summed E-state index contributed by atoms with van der Waals surface area (Å²) in [6.45, 7) is 3.98. The number of imide groups is 1. The minimum absolute atomic E-state index is 0.0921. The van der Waals surface area contributed by atoms with Crippen LogP contribution in [0.1, 0.15) is 17.5 Å². The summed E-state index contributed by atoms with van der Waals surface area (Å²) in [6, 6.07) is 11.2. The maximum absolute atomic E-state index is 13.1. The molecule has 3 heterocycles. The fraction of sp³-hybridized carbons (Fsp3) is 0.227. The van der Waals surface area contributed by atoms with E-state index < -0.39 is 5.25 Å². The van der Waals surface area contributed by atoms with Crippen LogP contribution < -0.4 is 14.4 Å². The van der Waals surface area contributed by atoms with Crippen LogP contribution in [0.4, 0.5) is 5.69 Å². The van der Waals surface area contributed by atoms with Gasteiger partial charge in [0.05, 0.1) is 17.6 Å². The molecule has 0 aliphatic carbocycles. The van der Waals surface area contributed by atoms with E-state index in [1.54, 1.807) is 6.20 Å². The minimum atomic E-state index is -0.597. The molecule has 1 saturated heterocycles. The minimum Gasteiger partial charge on any atom is -0.454 e. The Morgan fingerprint density at radius 1 is 1.06 bits per heavy atom. The summed E-state index contributed by atoms with van der Waals surface area (Å²) >= 11 is 1.15. The Balaban J connectivity index is 1.39. The topological polar surface area (TPSA) is 94.5 Å². The zero-order valence-corrected chi connectivity index (χ0v) is 17.7. The molecular formula is C22H18N4O4S. The van der Waals surface area contributed by atoms with Crippen LogP contribution in [0.25, 0.3) is 11.3 Å². The van der Waals surface area contributed by atoms with Gasteiger partial charge in [-0.25, -0.2) is 9.88 Å². The number of ether oxygens (including phenoxy) is 2. The molecule has 1 atom stereocenters. The Bertz CT molecular complexity index is 1200. The molecule has 5 rings (SSSR count). The van der Waals surface area contributed by atoms with Crippen LogP contribution in [0.2, 0.25) is 0 Å². The molecule has 9 heteroatoms. The van der Waals surface area contributed by atoms with E-state index in [0.717, 1.165) is 28.5 Å². The predicted octanol–water partition coefficient (Wildman–Crippen LogP) is 3.31. The number of benzene rings is 2. The first-order valence-corrected chi connectivity index (χ1v) is 10.6. The van der Waals surface area contributed by atoms with E-state index in [2.05, 4.69) is 15.2 Å². The average molecular weight is 434 g/mol. The van der Waals surface area contributed by atoms with Gasteiger partial charge in [0.15, 0.2) is 11.5 Å². The lowest BCUT2D eigenvalue weighted by atomic mass is 10.1. The molecule has 0 radical (unpaired) electrons. The molecule has 1 unspecified atom stereocenters. The molecule has 2 aliphatic rings. The largest absolute Gasteiger partial charge is 0.454 e. The molecule has 0 spiro atoms. The Kier molecular flexibility index (Phi) is 4.82. The van der Waals surface area contributed by atoms with Gasteiger partial charge in [0.25, 0.3) is 0 Å². The third-order valence-corrected chi connectivity index (χ3v) is 6.26. The standard InChI is InChI=1S/C22H18N4O4S/c1-12-4-3-5-13(2)20(12)26-19(27)9-18(21(26)28)31-22-24-15(10-23-25-22)14-6-7-16-17(8-14)30-11-29-16/h3-8,10,18H,9,11H2,1-2H3. The normalized spacial score (nSPS) is 17.5. The molecule has 2 aromatic carbocycles. The van der Waals surface area contributed by atoms with Gasteiger partial charge < -0.3 is 9.47 Å². The van der Waals surface area contributed by atoms with Gasteiger partial charge in [-0.2, -0.15) is 5.10 Å². The predicted molar refractivity (Wildman–Crippen MR) is 114 cm³/mol. The third kappa shape index (κ3) is 3.50. The van der Waals surface area contributed by atoms with Crippen LogP contribution in [0.3, 0.4) is 0 Å². The first-order valence-electron chi connectivity index (χ1n) is 9.70. The summed E-state index contributed by atoms with van der Waals surface area (Å²) in [6.07, 6.45) is 1.64. The fourth-order valence-electron chi connectivity index (χ4n) is 3.75. The zero-order chi connectivity index (χ0) is 21.5. The summed E-state index contributed by atoms with van der Waals surface area (Å²) < 4.78 is 10.8. The van der Waals surface area contributed by atoms with Crippen LogP contribution in [0, 0.1) is 13.8 Å². The van der Waals surface area contributed by atoms with Gasteiger partial charge >= 0.3 is 0 Å². The molecule has 2 amide bonds. The molecule has 8 nitrogen and oxygen atoms in total. The van der Waals surface area contributed by atoms with Gasteiger partial charge in [0.1, 0.15) is 5.25 Å². The molecule has 1 aromatic heterocycles. The lowest BCUT2D eigenvalue weighted by Gasteiger charge is -2.19. The van der Waals surface area contributed by atoms with E-state index in [-0.39, 0.29) is 25.0 Å². The number of carbonyl (C=O) groups excluding carboxylic acids is 2. The number of amides is 2. The molecule has 156 valence electrons. The van der Waals surface area contributed by atoms with Gasteiger partial charge in [-0.3, -0.25) is 9.59 Å². The van der Waals surface area contributed by atoms with Crippen molar-refractivity contribution in [3.05, 3.63) is 53.7 Å². The van der Waals surface area contributed by atoms with Crippen molar-refractivity contribution in [1.82, 2.24) is 15.2 Å². The number of nitrogens with zero attached hydrogens (tertiary/aromatic N) is 4. The second kappa shape index (κ2) is 7.66. The van der Waals surface area contributed by atoms with Crippen molar-refractivity contribution < 1.29 is 19.1 Å². The van der Waals surface area contributed by atoms with Crippen molar-refractivity contribution in [3.8, 4) is 22.8 Å². The number of hydrogen-bond acceptors (Lipinski definition) is 8. The number of hydrogen-bond donors (Lipinski definition) is 0. The first-order chi connectivity index (χ1) is 15.0. The lowest BCUT2D eigenvalue weighted by Crippen LogP contribution is -2.32. The van der Waals surface area contributed by atoms with Gasteiger partial charge in [-0.1, -0.05) is 30.0 Å². The van der Waals surface area contributed by atoms with E-state index in [4.69, 9.17) is 9.47 Å². The van der Waals surface area contributed by atoms with Crippen molar-refractivity contribution in [2.75, 3.05) is 11.7 Å². The lowest BCUT2D eigenvalue weighted by molar-refractivity contribution is -0.121. The maximum atomic E-state index is 13.1. The number of para-hydroxylation sites is 1.